The van der Waals surface area contributed by atoms with Crippen molar-refractivity contribution in [3.8, 4) is 16.5 Å². The number of nitrogen functional groups attached to an aromatic ring is 1. The Balaban J connectivity index is 1.97. The molecule has 4 rings (SSSR count). The van der Waals surface area contributed by atoms with Crippen molar-refractivity contribution >= 4 is 33.3 Å². The maximum absolute atomic E-state index is 11.0. The van der Waals surface area contributed by atoms with E-state index in [2.05, 4.69) is 9.97 Å². The van der Waals surface area contributed by atoms with Crippen molar-refractivity contribution < 1.29 is 13.9 Å². The summed E-state index contributed by atoms with van der Waals surface area (Å²) in [6.07, 6.45) is 1.25. The SMILES string of the molecule is Cc1ccc(-c2nc(C3CC3)nc3sc(OC(N)=O)c(N)c23)o1. The molecule has 3 heterocycles. The largest absolute Gasteiger partial charge is 0.460 e. The van der Waals surface area contributed by atoms with Gasteiger partial charge in [-0.05, 0) is 31.9 Å². The molecule has 0 radical (unpaired) electrons. The molecular weight excluding hydrogens is 316 g/mol. The van der Waals surface area contributed by atoms with Gasteiger partial charge in [-0.15, -0.1) is 0 Å². The zero-order chi connectivity index (χ0) is 16.1. The van der Waals surface area contributed by atoms with Crippen molar-refractivity contribution in [2.75, 3.05) is 5.73 Å². The quantitative estimate of drug-likeness (QED) is 0.761. The highest BCUT2D eigenvalue weighted by Gasteiger charge is 2.30. The summed E-state index contributed by atoms with van der Waals surface area (Å²) in [4.78, 5) is 20.9. The number of hydrogen-bond donors (Lipinski definition) is 2. The number of anilines is 1. The average molecular weight is 330 g/mol. The van der Waals surface area contributed by atoms with Crippen molar-refractivity contribution in [1.29, 1.82) is 0 Å². The number of ether oxygens (including phenoxy) is 1. The van der Waals surface area contributed by atoms with Gasteiger partial charge in [0, 0.05) is 5.92 Å². The molecule has 1 saturated carbocycles. The fourth-order valence-electron chi connectivity index (χ4n) is 2.45. The highest BCUT2D eigenvalue weighted by Crippen LogP contribution is 2.46. The summed E-state index contributed by atoms with van der Waals surface area (Å²) in [5.74, 6) is 2.54. The third kappa shape index (κ3) is 2.40. The number of carbonyl (C=O) groups excluding carboxylic acids is 1. The van der Waals surface area contributed by atoms with Crippen LogP contribution >= 0.6 is 11.3 Å². The normalized spacial score (nSPS) is 14.3. The summed E-state index contributed by atoms with van der Waals surface area (Å²) in [5, 5.41) is 0.865. The lowest BCUT2D eigenvalue weighted by Gasteiger charge is -2.04. The van der Waals surface area contributed by atoms with Crippen LogP contribution in [0, 0.1) is 6.92 Å². The molecule has 1 aliphatic rings. The Morgan fingerprint density at radius 1 is 1.39 bits per heavy atom. The highest BCUT2D eigenvalue weighted by atomic mass is 32.1. The molecule has 0 saturated heterocycles. The molecule has 23 heavy (non-hydrogen) atoms. The lowest BCUT2D eigenvalue weighted by Crippen LogP contribution is -2.16. The summed E-state index contributed by atoms with van der Waals surface area (Å²) in [6, 6.07) is 3.71. The first-order valence-corrected chi connectivity index (χ1v) is 7.98. The second kappa shape index (κ2) is 4.95. The van der Waals surface area contributed by atoms with E-state index in [1.54, 1.807) is 0 Å². The molecule has 8 heteroatoms. The Hall–Kier alpha value is -2.61. The number of furan rings is 1. The molecule has 0 atom stereocenters. The number of hydrogen-bond acceptors (Lipinski definition) is 7. The van der Waals surface area contributed by atoms with Gasteiger partial charge in [0.25, 0.3) is 0 Å². The Labute approximate surface area is 135 Å². The first kappa shape index (κ1) is 14.0. The van der Waals surface area contributed by atoms with E-state index < -0.39 is 6.09 Å². The molecule has 4 N–H and O–H groups in total. The van der Waals surface area contributed by atoms with Gasteiger partial charge in [-0.3, -0.25) is 0 Å². The van der Waals surface area contributed by atoms with Crippen LogP contribution in [0.25, 0.3) is 21.7 Å². The van der Waals surface area contributed by atoms with Gasteiger partial charge in [-0.25, -0.2) is 14.8 Å². The zero-order valence-corrected chi connectivity index (χ0v) is 13.1. The topological polar surface area (TPSA) is 117 Å². The fourth-order valence-corrected chi connectivity index (χ4v) is 3.41. The number of rotatable bonds is 3. The third-order valence-electron chi connectivity index (χ3n) is 3.68. The maximum atomic E-state index is 11.0. The van der Waals surface area contributed by atoms with Crippen LogP contribution in [0.5, 0.6) is 5.06 Å². The number of primary amides is 1. The molecule has 1 amide bonds. The first-order chi connectivity index (χ1) is 11.0. The van der Waals surface area contributed by atoms with Crippen molar-refractivity contribution in [2.24, 2.45) is 5.73 Å². The van der Waals surface area contributed by atoms with E-state index in [-0.39, 0.29) is 5.06 Å². The number of amides is 1. The van der Waals surface area contributed by atoms with Gasteiger partial charge in [-0.2, -0.15) is 0 Å². The molecule has 0 aromatic carbocycles. The predicted octanol–water partition coefficient (Wildman–Crippen LogP) is 3.18. The van der Waals surface area contributed by atoms with Crippen LogP contribution in [0.1, 0.15) is 30.3 Å². The first-order valence-electron chi connectivity index (χ1n) is 7.17. The van der Waals surface area contributed by atoms with E-state index in [1.165, 1.54) is 11.3 Å². The average Bonchev–Trinajstić information content (AvgIpc) is 3.19. The lowest BCUT2D eigenvalue weighted by molar-refractivity contribution is 0.212. The number of carbonyl (C=O) groups is 1. The summed E-state index contributed by atoms with van der Waals surface area (Å²) in [7, 11) is 0. The van der Waals surface area contributed by atoms with Gasteiger partial charge in [0.2, 0.25) is 5.06 Å². The summed E-state index contributed by atoms with van der Waals surface area (Å²) in [6.45, 7) is 1.86. The van der Waals surface area contributed by atoms with Crippen molar-refractivity contribution in [3.05, 3.63) is 23.7 Å². The van der Waals surface area contributed by atoms with E-state index in [4.69, 9.17) is 20.6 Å². The van der Waals surface area contributed by atoms with Crippen LogP contribution in [0.2, 0.25) is 0 Å². The van der Waals surface area contributed by atoms with Gasteiger partial charge in [0.1, 0.15) is 22.1 Å². The monoisotopic (exact) mass is 330 g/mol. The molecule has 3 aromatic rings. The van der Waals surface area contributed by atoms with Crippen molar-refractivity contribution in [2.45, 2.75) is 25.7 Å². The van der Waals surface area contributed by atoms with Crippen LogP contribution in [-0.2, 0) is 0 Å². The molecule has 0 bridgehead atoms. The number of thiophene rings is 1. The van der Waals surface area contributed by atoms with Crippen LogP contribution in [0.15, 0.2) is 16.5 Å². The molecular formula is C15H14N4O3S. The van der Waals surface area contributed by atoms with E-state index >= 15 is 0 Å². The fraction of sp³-hybridized carbons (Fsp3) is 0.267. The maximum Gasteiger partial charge on any atom is 0.410 e. The Bertz CT molecular complexity index is 926. The molecule has 118 valence electrons. The van der Waals surface area contributed by atoms with Gasteiger partial charge < -0.3 is 20.6 Å². The van der Waals surface area contributed by atoms with E-state index in [0.717, 1.165) is 24.4 Å². The van der Waals surface area contributed by atoms with E-state index in [9.17, 15) is 4.79 Å². The Morgan fingerprint density at radius 2 is 2.17 bits per heavy atom. The summed E-state index contributed by atoms with van der Waals surface area (Å²) in [5.41, 5.74) is 12.1. The second-order valence-corrected chi connectivity index (χ2v) is 6.48. The molecule has 0 aliphatic heterocycles. The second-order valence-electron chi connectivity index (χ2n) is 5.52. The Morgan fingerprint density at radius 3 is 2.78 bits per heavy atom. The van der Waals surface area contributed by atoms with E-state index in [1.807, 2.05) is 19.1 Å². The number of aryl methyl sites for hydroxylation is 1. The minimum atomic E-state index is -0.908. The highest BCUT2D eigenvalue weighted by molar-refractivity contribution is 7.21. The smallest absolute Gasteiger partial charge is 0.410 e. The number of fused-ring (bicyclic) bond motifs is 1. The molecule has 1 aliphatic carbocycles. The van der Waals surface area contributed by atoms with Gasteiger partial charge >= 0.3 is 6.09 Å². The van der Waals surface area contributed by atoms with E-state index in [0.29, 0.717) is 33.3 Å². The van der Waals surface area contributed by atoms with Gasteiger partial charge in [0.05, 0.1) is 11.1 Å². The summed E-state index contributed by atoms with van der Waals surface area (Å²) < 4.78 is 10.7. The number of aromatic nitrogens is 2. The van der Waals surface area contributed by atoms with Crippen LogP contribution < -0.4 is 16.2 Å². The molecule has 0 unspecified atom stereocenters. The van der Waals surface area contributed by atoms with Crippen LogP contribution in [-0.4, -0.2) is 16.1 Å². The van der Waals surface area contributed by atoms with Crippen molar-refractivity contribution in [3.63, 3.8) is 0 Å². The predicted molar refractivity (Wildman–Crippen MR) is 86.5 cm³/mol. The summed E-state index contributed by atoms with van der Waals surface area (Å²) >= 11 is 1.19. The lowest BCUT2D eigenvalue weighted by atomic mass is 10.2. The van der Waals surface area contributed by atoms with Crippen LogP contribution in [0.3, 0.4) is 0 Å². The third-order valence-corrected chi connectivity index (χ3v) is 4.66. The van der Waals surface area contributed by atoms with Gasteiger partial charge in [-0.1, -0.05) is 11.3 Å². The number of nitrogens with two attached hydrogens (primary N) is 2. The Kier molecular flexibility index (Phi) is 3.02. The standard InChI is InChI=1S/C15H14N4O3S/c1-6-2-5-8(21-6)11-9-10(16)14(22-15(17)20)23-13(9)19-12(18-11)7-3-4-7/h2,5,7H,3-4,16H2,1H3,(H2,17,20). The minimum Gasteiger partial charge on any atom is -0.460 e. The minimum absolute atomic E-state index is 0.235. The van der Waals surface area contributed by atoms with Crippen molar-refractivity contribution in [1.82, 2.24) is 9.97 Å². The molecule has 3 aromatic heterocycles. The van der Waals surface area contributed by atoms with Crippen LogP contribution in [0.4, 0.5) is 10.5 Å². The van der Waals surface area contributed by atoms with Gasteiger partial charge in [0.15, 0.2) is 5.76 Å². The number of nitrogens with zero attached hydrogens (tertiary/aromatic N) is 2. The zero-order valence-electron chi connectivity index (χ0n) is 12.3. The molecule has 0 spiro atoms. The molecule has 7 nitrogen and oxygen atoms in total. The molecule has 1 fully saturated rings.